The van der Waals surface area contributed by atoms with Crippen LogP contribution in [0.3, 0.4) is 0 Å². The highest BCUT2D eigenvalue weighted by Gasteiger charge is 2.40. The third-order valence-electron chi connectivity index (χ3n) is 4.72. The lowest BCUT2D eigenvalue weighted by atomic mass is 9.81. The average Bonchev–Trinajstić information content (AvgIpc) is 2.72. The standard InChI is InChI=1S/C23H29NO6/c1-5-28-21(25)18-15(4)24-20(23(27)30-7-3)19(22(26)29-6-2)17(18)14-13-16-11-9-8-10-12-16/h8-12,17,24H,5-7,13-14H2,1-4H3. The summed E-state index contributed by atoms with van der Waals surface area (Å²) >= 11 is 0. The summed E-state index contributed by atoms with van der Waals surface area (Å²) in [5, 5.41) is 2.89. The highest BCUT2D eigenvalue weighted by Crippen LogP contribution is 2.35. The first-order valence-electron chi connectivity index (χ1n) is 10.2. The number of rotatable bonds is 9. The van der Waals surface area contributed by atoms with Crippen molar-refractivity contribution in [2.45, 2.75) is 40.5 Å². The van der Waals surface area contributed by atoms with E-state index >= 15 is 0 Å². The molecule has 0 radical (unpaired) electrons. The Morgan fingerprint density at radius 2 is 1.37 bits per heavy atom. The van der Waals surface area contributed by atoms with Crippen molar-refractivity contribution in [2.24, 2.45) is 5.92 Å². The van der Waals surface area contributed by atoms with Crippen molar-refractivity contribution in [3.05, 3.63) is 58.4 Å². The first-order chi connectivity index (χ1) is 14.4. The van der Waals surface area contributed by atoms with Crippen molar-refractivity contribution in [1.29, 1.82) is 0 Å². The van der Waals surface area contributed by atoms with Crippen LogP contribution in [0.2, 0.25) is 0 Å². The zero-order chi connectivity index (χ0) is 22.1. The molecular formula is C23H29NO6. The normalized spacial score (nSPS) is 16.1. The van der Waals surface area contributed by atoms with Crippen molar-refractivity contribution < 1.29 is 28.6 Å². The maximum absolute atomic E-state index is 12.9. The molecule has 0 amide bonds. The molecule has 1 aromatic rings. The minimum atomic E-state index is -0.663. The van der Waals surface area contributed by atoms with E-state index in [9.17, 15) is 14.4 Å². The number of aryl methyl sites for hydroxylation is 1. The maximum Gasteiger partial charge on any atom is 0.355 e. The zero-order valence-corrected chi connectivity index (χ0v) is 17.9. The largest absolute Gasteiger partial charge is 0.463 e. The van der Waals surface area contributed by atoms with E-state index in [-0.39, 0.29) is 31.1 Å². The lowest BCUT2D eigenvalue weighted by Crippen LogP contribution is -2.37. The lowest BCUT2D eigenvalue weighted by Gasteiger charge is -2.30. The number of hydrogen-bond donors (Lipinski definition) is 1. The zero-order valence-electron chi connectivity index (χ0n) is 17.9. The van der Waals surface area contributed by atoms with Crippen LogP contribution in [0.1, 0.15) is 39.7 Å². The van der Waals surface area contributed by atoms with E-state index in [1.807, 2.05) is 30.3 Å². The third-order valence-corrected chi connectivity index (χ3v) is 4.72. The molecule has 0 saturated heterocycles. The Morgan fingerprint density at radius 3 is 1.93 bits per heavy atom. The summed E-state index contributed by atoms with van der Waals surface area (Å²) in [6, 6.07) is 9.73. The fourth-order valence-corrected chi connectivity index (χ4v) is 3.47. The number of dihydropyridines is 1. The number of allylic oxidation sites excluding steroid dienone is 1. The Bertz CT molecular complexity index is 841. The van der Waals surface area contributed by atoms with Crippen molar-refractivity contribution in [3.63, 3.8) is 0 Å². The predicted molar refractivity (Wildman–Crippen MR) is 111 cm³/mol. The number of ether oxygens (including phenoxy) is 3. The SMILES string of the molecule is CCOC(=O)C1=C(C(=O)OCC)C(CCc2ccccc2)C(C(=O)OCC)=C(C)N1. The quantitative estimate of drug-likeness (QED) is 0.490. The summed E-state index contributed by atoms with van der Waals surface area (Å²) in [5.41, 5.74) is 1.95. The minimum Gasteiger partial charge on any atom is -0.463 e. The number of esters is 3. The van der Waals surface area contributed by atoms with E-state index in [4.69, 9.17) is 14.2 Å². The highest BCUT2D eigenvalue weighted by molar-refractivity contribution is 6.04. The molecule has 1 aliphatic rings. The van der Waals surface area contributed by atoms with Crippen LogP contribution in [0.15, 0.2) is 52.9 Å². The third kappa shape index (κ3) is 5.49. The van der Waals surface area contributed by atoms with Gasteiger partial charge >= 0.3 is 17.9 Å². The van der Waals surface area contributed by atoms with E-state index in [1.54, 1.807) is 27.7 Å². The van der Waals surface area contributed by atoms with Crippen molar-refractivity contribution in [2.75, 3.05) is 19.8 Å². The molecule has 30 heavy (non-hydrogen) atoms. The van der Waals surface area contributed by atoms with Gasteiger partial charge in [-0.15, -0.1) is 0 Å². The van der Waals surface area contributed by atoms with Crippen LogP contribution < -0.4 is 5.32 Å². The van der Waals surface area contributed by atoms with E-state index < -0.39 is 23.8 Å². The summed E-state index contributed by atoms with van der Waals surface area (Å²) in [6.07, 6.45) is 1.02. The molecule has 0 aromatic heterocycles. The lowest BCUT2D eigenvalue weighted by molar-refractivity contribution is -0.143. The molecule has 0 aliphatic carbocycles. The Kier molecular flexibility index (Phi) is 8.65. The molecule has 0 spiro atoms. The minimum absolute atomic E-state index is 0.0129. The fourth-order valence-electron chi connectivity index (χ4n) is 3.47. The van der Waals surface area contributed by atoms with E-state index in [0.29, 0.717) is 24.1 Å². The summed E-state index contributed by atoms with van der Waals surface area (Å²) in [7, 11) is 0. The highest BCUT2D eigenvalue weighted by atomic mass is 16.5. The van der Waals surface area contributed by atoms with Gasteiger partial charge < -0.3 is 19.5 Å². The summed E-state index contributed by atoms with van der Waals surface area (Å²) in [4.78, 5) is 38.2. The van der Waals surface area contributed by atoms with Gasteiger partial charge in [-0.1, -0.05) is 30.3 Å². The number of nitrogens with one attached hydrogen (secondary N) is 1. The van der Waals surface area contributed by atoms with Crippen molar-refractivity contribution in [1.82, 2.24) is 5.32 Å². The first kappa shape index (κ1) is 23.2. The number of benzene rings is 1. The van der Waals surface area contributed by atoms with E-state index in [0.717, 1.165) is 5.56 Å². The van der Waals surface area contributed by atoms with Gasteiger partial charge in [-0.2, -0.15) is 0 Å². The molecular weight excluding hydrogens is 386 g/mol. The first-order valence-corrected chi connectivity index (χ1v) is 10.2. The Balaban J connectivity index is 2.53. The van der Waals surface area contributed by atoms with E-state index in [2.05, 4.69) is 5.32 Å². The molecule has 1 atom stereocenters. The molecule has 1 unspecified atom stereocenters. The number of carbonyl (C=O) groups excluding carboxylic acids is 3. The average molecular weight is 415 g/mol. The van der Waals surface area contributed by atoms with Crippen molar-refractivity contribution in [3.8, 4) is 0 Å². The van der Waals surface area contributed by atoms with Gasteiger partial charge in [0, 0.05) is 11.6 Å². The second-order valence-corrected chi connectivity index (χ2v) is 6.69. The molecule has 162 valence electrons. The summed E-state index contributed by atoms with van der Waals surface area (Å²) in [5.74, 6) is -2.50. The maximum atomic E-state index is 12.9. The molecule has 0 saturated carbocycles. The summed E-state index contributed by atoms with van der Waals surface area (Å²) < 4.78 is 15.6. The van der Waals surface area contributed by atoms with Gasteiger partial charge in [0.1, 0.15) is 5.70 Å². The van der Waals surface area contributed by atoms with Crippen LogP contribution in [-0.4, -0.2) is 37.7 Å². The number of carbonyl (C=O) groups is 3. The van der Waals surface area contributed by atoms with Crippen LogP contribution in [-0.2, 0) is 35.0 Å². The van der Waals surface area contributed by atoms with Gasteiger partial charge in [-0.25, -0.2) is 14.4 Å². The molecule has 7 nitrogen and oxygen atoms in total. The van der Waals surface area contributed by atoms with Gasteiger partial charge in [-0.3, -0.25) is 0 Å². The predicted octanol–water partition coefficient (Wildman–Crippen LogP) is 3.06. The molecule has 1 heterocycles. The second-order valence-electron chi connectivity index (χ2n) is 6.69. The molecule has 1 aliphatic heterocycles. The summed E-state index contributed by atoms with van der Waals surface area (Å²) in [6.45, 7) is 7.27. The van der Waals surface area contributed by atoms with Crippen LogP contribution in [0, 0.1) is 5.92 Å². The molecule has 0 bridgehead atoms. The fraction of sp³-hybridized carbons (Fsp3) is 0.435. The molecule has 1 N–H and O–H groups in total. The molecule has 2 rings (SSSR count). The van der Waals surface area contributed by atoms with Gasteiger partial charge in [0.15, 0.2) is 0 Å². The smallest absolute Gasteiger partial charge is 0.355 e. The monoisotopic (exact) mass is 415 g/mol. The second kappa shape index (κ2) is 11.2. The van der Waals surface area contributed by atoms with Crippen molar-refractivity contribution >= 4 is 17.9 Å². The Labute approximate surface area is 177 Å². The molecule has 1 aromatic carbocycles. The topological polar surface area (TPSA) is 90.9 Å². The van der Waals surface area contributed by atoms with Gasteiger partial charge in [0.25, 0.3) is 0 Å². The van der Waals surface area contributed by atoms with Gasteiger partial charge in [0.05, 0.1) is 31.0 Å². The van der Waals surface area contributed by atoms with Gasteiger partial charge in [0.2, 0.25) is 0 Å². The van der Waals surface area contributed by atoms with E-state index in [1.165, 1.54) is 0 Å². The van der Waals surface area contributed by atoms with Crippen LogP contribution in [0.4, 0.5) is 0 Å². The van der Waals surface area contributed by atoms with Crippen LogP contribution >= 0.6 is 0 Å². The number of hydrogen-bond acceptors (Lipinski definition) is 7. The molecule has 7 heteroatoms. The Morgan fingerprint density at radius 1 is 0.833 bits per heavy atom. The van der Waals surface area contributed by atoms with Crippen LogP contribution in [0.5, 0.6) is 0 Å². The molecule has 0 fully saturated rings. The van der Waals surface area contributed by atoms with Gasteiger partial charge in [-0.05, 0) is 46.1 Å². The van der Waals surface area contributed by atoms with Crippen LogP contribution in [0.25, 0.3) is 0 Å². The Hall–Kier alpha value is -3.09.